The molecule has 29 heavy (non-hydrogen) atoms. The third kappa shape index (κ3) is 4.80. The van der Waals surface area contributed by atoms with Gasteiger partial charge < -0.3 is 0 Å². The van der Waals surface area contributed by atoms with Gasteiger partial charge in [0.2, 0.25) is 0 Å². The van der Waals surface area contributed by atoms with E-state index in [4.69, 9.17) is 0 Å². The highest BCUT2D eigenvalue weighted by molar-refractivity contribution is 6.10. The van der Waals surface area contributed by atoms with Crippen LogP contribution in [-0.4, -0.2) is 29.8 Å². The molecule has 2 unspecified atom stereocenters. The Morgan fingerprint density at radius 2 is 1.59 bits per heavy atom. The molecule has 1 aliphatic heterocycles. The van der Waals surface area contributed by atoms with E-state index in [1.165, 1.54) is 63.5 Å². The Kier molecular flexibility index (Phi) is 6.82. The molecule has 1 saturated heterocycles. The fourth-order valence-corrected chi connectivity index (χ4v) is 5.62. The first-order valence-corrected chi connectivity index (χ1v) is 11.7. The van der Waals surface area contributed by atoms with Gasteiger partial charge in [-0.2, -0.15) is 0 Å². The number of carbonyl (C=O) groups excluding carboxylic acids is 1. The lowest BCUT2D eigenvalue weighted by Crippen LogP contribution is -2.46. The molecule has 154 valence electrons. The minimum absolute atomic E-state index is 0.149. The largest absolute Gasteiger partial charge is 0.300 e. The fraction of sp³-hybridized carbons (Fsp3) is 0.519. The average Bonchev–Trinajstić information content (AvgIpc) is 2.80. The molecule has 0 amide bonds. The molecule has 2 aliphatic rings. The van der Waals surface area contributed by atoms with Gasteiger partial charge in [-0.1, -0.05) is 87.2 Å². The van der Waals surface area contributed by atoms with Gasteiger partial charge in [0.05, 0.1) is 0 Å². The molecule has 4 rings (SSSR count). The van der Waals surface area contributed by atoms with Gasteiger partial charge in [-0.3, -0.25) is 9.69 Å². The number of hydrogen-bond donors (Lipinski definition) is 0. The van der Waals surface area contributed by atoms with Gasteiger partial charge in [0, 0.05) is 23.7 Å². The number of rotatable bonds is 6. The Morgan fingerprint density at radius 3 is 2.38 bits per heavy atom. The lowest BCUT2D eigenvalue weighted by atomic mass is 9.79. The van der Waals surface area contributed by atoms with Gasteiger partial charge >= 0.3 is 0 Å². The van der Waals surface area contributed by atoms with Crippen molar-refractivity contribution in [1.82, 2.24) is 4.90 Å². The lowest BCUT2D eigenvalue weighted by Gasteiger charge is -2.43. The van der Waals surface area contributed by atoms with Crippen LogP contribution in [0.15, 0.2) is 54.6 Å². The maximum absolute atomic E-state index is 13.2. The third-order valence-corrected chi connectivity index (χ3v) is 7.14. The first-order valence-electron chi connectivity index (χ1n) is 11.7. The van der Waals surface area contributed by atoms with E-state index in [0.29, 0.717) is 5.92 Å². The first-order chi connectivity index (χ1) is 14.2. The van der Waals surface area contributed by atoms with Crippen molar-refractivity contribution in [3.63, 3.8) is 0 Å². The van der Waals surface area contributed by atoms with Crippen LogP contribution in [0.1, 0.15) is 85.7 Å². The van der Waals surface area contributed by atoms with Crippen LogP contribution >= 0.6 is 0 Å². The van der Waals surface area contributed by atoms with Gasteiger partial charge in [0.1, 0.15) is 0 Å². The second kappa shape index (κ2) is 9.71. The van der Waals surface area contributed by atoms with Crippen molar-refractivity contribution in [2.24, 2.45) is 5.92 Å². The summed E-state index contributed by atoms with van der Waals surface area (Å²) in [6.07, 6.45) is 11.2. The summed E-state index contributed by atoms with van der Waals surface area (Å²) in [5.41, 5.74) is 2.86. The zero-order chi connectivity index (χ0) is 20.1. The molecular weight excluding hydrogens is 354 g/mol. The van der Waals surface area contributed by atoms with Crippen molar-refractivity contribution >= 4 is 5.78 Å². The molecule has 2 aromatic carbocycles. The van der Waals surface area contributed by atoms with Gasteiger partial charge in [-0.25, -0.2) is 0 Å². The fourth-order valence-electron chi connectivity index (χ4n) is 5.62. The van der Waals surface area contributed by atoms with Crippen LogP contribution in [0.4, 0.5) is 0 Å². The second-order valence-corrected chi connectivity index (χ2v) is 9.14. The maximum Gasteiger partial charge on any atom is 0.193 e. The highest BCUT2D eigenvalue weighted by atomic mass is 16.1. The van der Waals surface area contributed by atoms with Crippen LogP contribution in [0.2, 0.25) is 0 Å². The van der Waals surface area contributed by atoms with E-state index >= 15 is 0 Å². The van der Waals surface area contributed by atoms with Crippen LogP contribution in [-0.2, 0) is 0 Å². The molecular formula is C27H35NO. The van der Waals surface area contributed by atoms with Crippen molar-refractivity contribution in [3.8, 4) is 0 Å². The molecule has 2 atom stereocenters. The lowest BCUT2D eigenvalue weighted by molar-refractivity contribution is 0.0767. The van der Waals surface area contributed by atoms with Crippen molar-refractivity contribution in [1.29, 1.82) is 0 Å². The van der Waals surface area contributed by atoms with Crippen LogP contribution in [0, 0.1) is 5.92 Å². The van der Waals surface area contributed by atoms with E-state index in [9.17, 15) is 4.79 Å². The molecule has 1 heterocycles. The number of carbonyl (C=O) groups is 1. The number of piperidine rings is 1. The Bertz CT molecular complexity index is 793. The van der Waals surface area contributed by atoms with Gasteiger partial charge in [0.15, 0.2) is 5.78 Å². The molecule has 2 fully saturated rings. The van der Waals surface area contributed by atoms with E-state index in [0.717, 1.165) is 29.6 Å². The summed E-state index contributed by atoms with van der Waals surface area (Å²) in [5, 5.41) is 0. The third-order valence-electron chi connectivity index (χ3n) is 7.14. The minimum Gasteiger partial charge on any atom is -0.300 e. The topological polar surface area (TPSA) is 20.3 Å². The quantitative estimate of drug-likeness (QED) is 0.529. The summed E-state index contributed by atoms with van der Waals surface area (Å²) in [4.78, 5) is 15.9. The molecule has 2 aromatic rings. The van der Waals surface area contributed by atoms with E-state index in [-0.39, 0.29) is 5.78 Å². The zero-order valence-electron chi connectivity index (χ0n) is 17.9. The van der Waals surface area contributed by atoms with Crippen LogP contribution in [0.5, 0.6) is 0 Å². The second-order valence-electron chi connectivity index (χ2n) is 9.14. The van der Waals surface area contributed by atoms with Gasteiger partial charge in [0.25, 0.3) is 0 Å². The SMILES string of the molecule is CC(CN1CCCCC1C1CCCCC1)c1ccccc1C(=O)c1ccccc1. The molecule has 0 aromatic heterocycles. The van der Waals surface area contributed by atoms with Crippen LogP contribution in [0.3, 0.4) is 0 Å². The number of benzene rings is 2. The Labute approximate surface area is 176 Å². The monoisotopic (exact) mass is 389 g/mol. The molecule has 1 saturated carbocycles. The predicted molar refractivity (Wildman–Crippen MR) is 121 cm³/mol. The smallest absolute Gasteiger partial charge is 0.193 e. The van der Waals surface area contributed by atoms with Crippen molar-refractivity contribution < 1.29 is 4.79 Å². The summed E-state index contributed by atoms with van der Waals surface area (Å²) < 4.78 is 0. The number of likely N-dealkylation sites (tertiary alicyclic amines) is 1. The average molecular weight is 390 g/mol. The van der Waals surface area contributed by atoms with E-state index in [2.05, 4.69) is 24.0 Å². The summed E-state index contributed by atoms with van der Waals surface area (Å²) in [6.45, 7) is 4.60. The number of hydrogen-bond acceptors (Lipinski definition) is 2. The van der Waals surface area contributed by atoms with Crippen LogP contribution in [0.25, 0.3) is 0 Å². The standard InChI is InChI=1S/C27H35NO/c1-21(20-28-19-11-10-18-26(28)22-12-4-2-5-13-22)24-16-8-9-17-25(24)27(29)23-14-6-3-7-15-23/h3,6-9,14-17,21-22,26H,2,4-5,10-13,18-20H2,1H3. The van der Waals surface area contributed by atoms with Gasteiger partial charge in [-0.15, -0.1) is 0 Å². The van der Waals surface area contributed by atoms with E-state index in [1.54, 1.807) is 0 Å². The molecule has 1 aliphatic carbocycles. The molecule has 0 N–H and O–H groups in total. The summed E-state index contributed by atoms with van der Waals surface area (Å²) in [6, 6.07) is 18.7. The van der Waals surface area contributed by atoms with Crippen LogP contribution < -0.4 is 0 Å². The summed E-state index contributed by atoms with van der Waals surface area (Å²) in [7, 11) is 0. The van der Waals surface area contributed by atoms with Gasteiger partial charge in [-0.05, 0) is 49.6 Å². The predicted octanol–water partition coefficient (Wildman–Crippen LogP) is 6.46. The van der Waals surface area contributed by atoms with Crippen molar-refractivity contribution in [3.05, 3.63) is 71.3 Å². The van der Waals surface area contributed by atoms with Crippen molar-refractivity contribution in [2.45, 2.75) is 70.3 Å². The highest BCUT2D eigenvalue weighted by Crippen LogP contribution is 2.35. The molecule has 0 bridgehead atoms. The number of ketones is 1. The zero-order valence-corrected chi connectivity index (χ0v) is 17.9. The first kappa shape index (κ1) is 20.3. The normalized spacial score (nSPS) is 22.3. The molecule has 0 spiro atoms. The van der Waals surface area contributed by atoms with Crippen molar-refractivity contribution in [2.75, 3.05) is 13.1 Å². The molecule has 2 heteroatoms. The maximum atomic E-state index is 13.2. The summed E-state index contributed by atoms with van der Waals surface area (Å²) in [5.74, 6) is 1.40. The van der Waals surface area contributed by atoms with E-state index < -0.39 is 0 Å². The Morgan fingerprint density at radius 1 is 0.897 bits per heavy atom. The minimum atomic E-state index is 0.149. The summed E-state index contributed by atoms with van der Waals surface area (Å²) >= 11 is 0. The highest BCUT2D eigenvalue weighted by Gasteiger charge is 2.32. The Hall–Kier alpha value is -1.93. The van der Waals surface area contributed by atoms with E-state index in [1.807, 2.05) is 42.5 Å². The Balaban J connectivity index is 1.52. The molecule has 2 nitrogen and oxygen atoms in total. The number of nitrogens with zero attached hydrogens (tertiary/aromatic N) is 1. The molecule has 0 radical (unpaired) electrons.